The minimum atomic E-state index is -0.969. The van der Waals surface area contributed by atoms with Crippen LogP contribution in [0.2, 0.25) is 0 Å². The number of carbonyl (C=O) groups is 2. The lowest BCUT2D eigenvalue weighted by Gasteiger charge is -2.08. The molecular weight excluding hydrogens is 402 g/mol. The molecule has 2 aromatic carbocycles. The van der Waals surface area contributed by atoms with Crippen LogP contribution in [-0.2, 0) is 12.8 Å². The molecule has 3 aromatic rings. The second-order valence-corrected chi connectivity index (χ2v) is 7.43. The first kappa shape index (κ1) is 20.7. The number of nitrogens with zero attached hydrogens (tertiary/aromatic N) is 2. The van der Waals surface area contributed by atoms with Crippen molar-refractivity contribution < 1.29 is 18.4 Å². The number of anilines is 1. The largest absolute Gasteiger partial charge is 0.352 e. The number of halogens is 2. The van der Waals surface area contributed by atoms with E-state index in [2.05, 4.69) is 15.7 Å². The van der Waals surface area contributed by atoms with Crippen molar-refractivity contribution in [2.45, 2.75) is 32.6 Å². The summed E-state index contributed by atoms with van der Waals surface area (Å²) < 4.78 is 28.6. The van der Waals surface area contributed by atoms with Gasteiger partial charge in [0.1, 0.15) is 0 Å². The fourth-order valence-electron chi connectivity index (χ4n) is 3.72. The van der Waals surface area contributed by atoms with Crippen molar-refractivity contribution in [3.8, 4) is 5.69 Å². The summed E-state index contributed by atoms with van der Waals surface area (Å²) in [6.07, 6.45) is 3.06. The van der Waals surface area contributed by atoms with Gasteiger partial charge in [0, 0.05) is 35.1 Å². The molecule has 0 unspecified atom stereocenters. The summed E-state index contributed by atoms with van der Waals surface area (Å²) >= 11 is 0. The van der Waals surface area contributed by atoms with Crippen molar-refractivity contribution in [3.05, 3.63) is 76.6 Å². The van der Waals surface area contributed by atoms with E-state index >= 15 is 0 Å². The van der Waals surface area contributed by atoms with E-state index in [-0.39, 0.29) is 11.6 Å². The highest BCUT2D eigenvalue weighted by molar-refractivity contribution is 6.05. The zero-order valence-electron chi connectivity index (χ0n) is 17.0. The fourth-order valence-corrected chi connectivity index (χ4v) is 3.72. The van der Waals surface area contributed by atoms with Gasteiger partial charge < -0.3 is 10.6 Å². The first-order valence-electron chi connectivity index (χ1n) is 10.2. The van der Waals surface area contributed by atoms with Crippen LogP contribution in [0.5, 0.6) is 0 Å². The number of aromatic nitrogens is 2. The maximum Gasteiger partial charge on any atom is 0.276 e. The smallest absolute Gasteiger partial charge is 0.276 e. The van der Waals surface area contributed by atoms with Gasteiger partial charge in [-0.3, -0.25) is 9.59 Å². The number of carbonyl (C=O) groups excluding carboxylic acids is 2. The van der Waals surface area contributed by atoms with Gasteiger partial charge in [0.15, 0.2) is 17.3 Å². The summed E-state index contributed by atoms with van der Waals surface area (Å²) in [6, 6.07) is 10.2. The third-order valence-electron chi connectivity index (χ3n) is 5.21. The lowest BCUT2D eigenvalue weighted by molar-refractivity contribution is 0.0952. The summed E-state index contributed by atoms with van der Waals surface area (Å²) in [5, 5.41) is 10.00. The van der Waals surface area contributed by atoms with Crippen molar-refractivity contribution >= 4 is 17.5 Å². The molecule has 1 aliphatic carbocycles. The highest BCUT2D eigenvalue weighted by Gasteiger charge is 2.27. The molecule has 0 saturated heterocycles. The molecule has 1 aliphatic rings. The molecular formula is C23H22F2N4O2. The van der Waals surface area contributed by atoms with Crippen LogP contribution >= 0.6 is 0 Å². The van der Waals surface area contributed by atoms with E-state index in [0.29, 0.717) is 36.3 Å². The molecule has 31 heavy (non-hydrogen) atoms. The Kier molecular flexibility index (Phi) is 5.79. The highest BCUT2D eigenvalue weighted by Crippen LogP contribution is 2.29. The lowest BCUT2D eigenvalue weighted by atomic mass is 10.1. The highest BCUT2D eigenvalue weighted by atomic mass is 19.2. The molecule has 6 nitrogen and oxygen atoms in total. The topological polar surface area (TPSA) is 76.0 Å². The zero-order chi connectivity index (χ0) is 22.0. The third kappa shape index (κ3) is 4.19. The van der Waals surface area contributed by atoms with Crippen LogP contribution in [0.1, 0.15) is 51.9 Å². The Morgan fingerprint density at radius 2 is 1.90 bits per heavy atom. The molecule has 2 N–H and O–H groups in total. The number of nitrogens with one attached hydrogen (secondary N) is 2. The fraction of sp³-hybridized carbons (Fsp3) is 0.261. The standard InChI is InChI=1S/C23H22F2N4O2/c1-2-11-26-22(30)14-5-3-6-15(12-14)27-23(31)21-17-7-4-8-20(17)29(28-21)16-9-10-18(24)19(25)13-16/h3,5-6,9-10,12-13H,2,4,7-8,11H2,1H3,(H,26,30)(H,27,31). The molecule has 8 heteroatoms. The van der Waals surface area contributed by atoms with Gasteiger partial charge in [-0.15, -0.1) is 0 Å². The van der Waals surface area contributed by atoms with E-state index in [9.17, 15) is 18.4 Å². The Balaban J connectivity index is 1.60. The Morgan fingerprint density at radius 3 is 2.68 bits per heavy atom. The number of amides is 2. The van der Waals surface area contributed by atoms with E-state index in [1.807, 2.05) is 6.92 Å². The van der Waals surface area contributed by atoms with Crippen LogP contribution in [0.15, 0.2) is 42.5 Å². The number of rotatable bonds is 6. The molecule has 0 spiro atoms. The van der Waals surface area contributed by atoms with E-state index < -0.39 is 17.5 Å². The summed E-state index contributed by atoms with van der Waals surface area (Å²) in [6.45, 7) is 2.54. The zero-order valence-corrected chi connectivity index (χ0v) is 17.0. The normalized spacial score (nSPS) is 12.5. The second-order valence-electron chi connectivity index (χ2n) is 7.43. The second kappa shape index (κ2) is 8.67. The lowest BCUT2D eigenvalue weighted by Crippen LogP contribution is -2.24. The first-order chi connectivity index (χ1) is 15.0. The number of fused-ring (bicyclic) bond motifs is 1. The predicted octanol–water partition coefficient (Wildman–Crippen LogP) is 4.03. The van der Waals surface area contributed by atoms with Gasteiger partial charge in [0.05, 0.1) is 5.69 Å². The van der Waals surface area contributed by atoms with Gasteiger partial charge in [-0.2, -0.15) is 5.10 Å². The Labute approximate surface area is 178 Å². The van der Waals surface area contributed by atoms with Crippen LogP contribution in [0.4, 0.5) is 14.5 Å². The minimum absolute atomic E-state index is 0.207. The summed E-state index contributed by atoms with van der Waals surface area (Å²) in [5.74, 6) is -2.52. The van der Waals surface area contributed by atoms with Crippen LogP contribution in [-0.4, -0.2) is 28.1 Å². The first-order valence-corrected chi connectivity index (χ1v) is 10.2. The Bertz CT molecular complexity index is 1160. The van der Waals surface area contributed by atoms with Gasteiger partial charge in [-0.1, -0.05) is 13.0 Å². The number of hydrogen-bond acceptors (Lipinski definition) is 3. The van der Waals surface area contributed by atoms with Crippen LogP contribution in [0.25, 0.3) is 5.69 Å². The van der Waals surface area contributed by atoms with E-state index in [4.69, 9.17) is 0 Å². The molecule has 160 valence electrons. The van der Waals surface area contributed by atoms with E-state index in [1.165, 1.54) is 10.7 Å². The molecule has 0 fully saturated rings. The van der Waals surface area contributed by atoms with Crippen molar-refractivity contribution in [2.75, 3.05) is 11.9 Å². The molecule has 1 heterocycles. The average molecular weight is 424 g/mol. The van der Waals surface area contributed by atoms with Crippen molar-refractivity contribution in [2.24, 2.45) is 0 Å². The maximum absolute atomic E-state index is 13.7. The van der Waals surface area contributed by atoms with E-state index in [0.717, 1.165) is 36.2 Å². The van der Waals surface area contributed by atoms with Gasteiger partial charge in [0.2, 0.25) is 0 Å². The molecule has 0 bridgehead atoms. The monoisotopic (exact) mass is 424 g/mol. The molecule has 0 atom stereocenters. The predicted molar refractivity (Wildman–Crippen MR) is 113 cm³/mol. The Morgan fingerprint density at radius 1 is 1.06 bits per heavy atom. The quantitative estimate of drug-likeness (QED) is 0.627. The number of hydrogen-bond donors (Lipinski definition) is 2. The molecule has 1 aromatic heterocycles. The minimum Gasteiger partial charge on any atom is -0.352 e. The molecule has 4 rings (SSSR count). The van der Waals surface area contributed by atoms with E-state index in [1.54, 1.807) is 24.3 Å². The molecule has 0 radical (unpaired) electrons. The number of benzene rings is 2. The summed E-state index contributed by atoms with van der Waals surface area (Å²) in [7, 11) is 0. The van der Waals surface area contributed by atoms with Crippen molar-refractivity contribution in [3.63, 3.8) is 0 Å². The Hall–Kier alpha value is -3.55. The maximum atomic E-state index is 13.7. The summed E-state index contributed by atoms with van der Waals surface area (Å²) in [4.78, 5) is 25.2. The van der Waals surface area contributed by atoms with Crippen molar-refractivity contribution in [1.29, 1.82) is 0 Å². The van der Waals surface area contributed by atoms with Crippen LogP contribution in [0, 0.1) is 11.6 Å². The van der Waals surface area contributed by atoms with Gasteiger partial charge in [0.25, 0.3) is 11.8 Å². The summed E-state index contributed by atoms with van der Waals surface area (Å²) in [5.41, 5.74) is 3.17. The van der Waals surface area contributed by atoms with Gasteiger partial charge in [-0.25, -0.2) is 13.5 Å². The SMILES string of the molecule is CCCNC(=O)c1cccc(NC(=O)c2nn(-c3ccc(F)c(F)c3)c3c2CCC3)c1. The average Bonchev–Trinajstić information content (AvgIpc) is 3.37. The van der Waals surface area contributed by atoms with Crippen molar-refractivity contribution in [1.82, 2.24) is 15.1 Å². The van der Waals surface area contributed by atoms with Gasteiger partial charge in [-0.05, 0) is 56.0 Å². The van der Waals surface area contributed by atoms with Gasteiger partial charge >= 0.3 is 0 Å². The van der Waals surface area contributed by atoms with Crippen LogP contribution in [0.3, 0.4) is 0 Å². The van der Waals surface area contributed by atoms with Crippen LogP contribution < -0.4 is 10.6 Å². The third-order valence-corrected chi connectivity index (χ3v) is 5.21. The molecule has 0 aliphatic heterocycles. The molecule has 0 saturated carbocycles. The molecule has 2 amide bonds.